The van der Waals surface area contributed by atoms with Crippen molar-refractivity contribution in [2.45, 2.75) is 25.6 Å². The summed E-state index contributed by atoms with van der Waals surface area (Å²) in [5.74, 6) is -1.35. The van der Waals surface area contributed by atoms with Gasteiger partial charge in [-0.05, 0) is 48.9 Å². The fourth-order valence-electron chi connectivity index (χ4n) is 3.19. The zero-order valence-corrected chi connectivity index (χ0v) is 19.1. The fraction of sp³-hybridized carbons (Fsp3) is 0.348. The Balaban J connectivity index is 2.04. The van der Waals surface area contributed by atoms with Gasteiger partial charge in [-0.25, -0.2) is 0 Å². The number of benzene rings is 2. The number of halogens is 3. The number of carbonyl (C=O) groups is 2. The Labute approximate surface area is 195 Å². The maximum Gasteiger partial charge on any atom is 0.418 e. The smallest absolute Gasteiger partial charge is 0.384 e. The second-order valence-electron chi connectivity index (χ2n) is 7.69. The summed E-state index contributed by atoms with van der Waals surface area (Å²) in [5, 5.41) is 12.4. The van der Waals surface area contributed by atoms with Crippen molar-refractivity contribution in [2.24, 2.45) is 5.73 Å². The Morgan fingerprint density at radius 1 is 1.15 bits per heavy atom. The molecule has 0 aliphatic rings. The third kappa shape index (κ3) is 7.48. The Morgan fingerprint density at radius 2 is 1.79 bits per heavy atom. The Morgan fingerprint density at radius 3 is 2.35 bits per heavy atom. The molecule has 0 aliphatic carbocycles. The molecule has 11 heteroatoms. The summed E-state index contributed by atoms with van der Waals surface area (Å²) in [4.78, 5) is 25.9. The lowest BCUT2D eigenvalue weighted by Gasteiger charge is -2.25. The van der Waals surface area contributed by atoms with Gasteiger partial charge in [-0.15, -0.1) is 0 Å². The average molecular weight is 480 g/mol. The van der Waals surface area contributed by atoms with E-state index in [1.165, 1.54) is 24.1 Å². The van der Waals surface area contributed by atoms with Crippen LogP contribution in [0.15, 0.2) is 42.5 Å². The van der Waals surface area contributed by atoms with Crippen LogP contribution in [0.2, 0.25) is 0 Å². The van der Waals surface area contributed by atoms with Crippen LogP contribution in [-0.4, -0.2) is 45.0 Å². The number of nitrogens with one attached hydrogen (secondary N) is 3. The van der Waals surface area contributed by atoms with E-state index >= 15 is 0 Å². The van der Waals surface area contributed by atoms with Gasteiger partial charge in [-0.3, -0.25) is 15.0 Å². The first-order valence-electron chi connectivity index (χ1n) is 10.4. The number of rotatable bonds is 10. The number of amidine groups is 1. The number of hydrogen-bond acceptors (Lipinski definition) is 5. The molecule has 2 aromatic carbocycles. The lowest BCUT2D eigenvalue weighted by Crippen LogP contribution is -2.31. The summed E-state index contributed by atoms with van der Waals surface area (Å²) in [7, 11) is 3.01. The van der Waals surface area contributed by atoms with Crippen LogP contribution in [0.1, 0.15) is 36.1 Å². The van der Waals surface area contributed by atoms with E-state index in [9.17, 15) is 22.8 Å². The first-order chi connectivity index (χ1) is 15.9. The summed E-state index contributed by atoms with van der Waals surface area (Å²) in [6.45, 7) is 2.09. The van der Waals surface area contributed by atoms with E-state index in [2.05, 4.69) is 10.6 Å². The molecule has 2 aromatic rings. The van der Waals surface area contributed by atoms with Crippen molar-refractivity contribution < 1.29 is 27.5 Å². The van der Waals surface area contributed by atoms with Gasteiger partial charge in [0, 0.05) is 37.6 Å². The van der Waals surface area contributed by atoms with Crippen LogP contribution in [0.25, 0.3) is 0 Å². The SMILES string of the molecule is COCCN(C)c1ccc([C@H](C)NC(=O)CC(=O)Nc2ccc(C(=N)N)cc2)cc1C(F)(F)F. The molecule has 34 heavy (non-hydrogen) atoms. The molecule has 0 saturated heterocycles. The van der Waals surface area contributed by atoms with Crippen molar-refractivity contribution in [2.75, 3.05) is 37.5 Å². The number of carbonyl (C=O) groups excluding carboxylic acids is 2. The number of methoxy groups -OCH3 is 1. The summed E-state index contributed by atoms with van der Waals surface area (Å²) in [5.41, 5.74) is 5.71. The van der Waals surface area contributed by atoms with Gasteiger partial charge >= 0.3 is 6.18 Å². The van der Waals surface area contributed by atoms with Gasteiger partial charge in [0.25, 0.3) is 0 Å². The standard InChI is InChI=1S/C23H28F3N5O3/c1-14(16-6-9-19(31(2)10-11-34-3)18(12-16)23(24,25)26)29-20(32)13-21(33)30-17-7-4-15(5-8-17)22(27)28/h4-9,12,14H,10-11,13H2,1-3H3,(H3,27,28)(H,29,32)(H,30,33)/t14-/m0/s1. The number of amides is 2. The topological polar surface area (TPSA) is 121 Å². The highest BCUT2D eigenvalue weighted by Gasteiger charge is 2.35. The van der Waals surface area contributed by atoms with Crippen LogP contribution in [0.5, 0.6) is 0 Å². The Bertz CT molecular complexity index is 1030. The molecule has 184 valence electrons. The van der Waals surface area contributed by atoms with Gasteiger partial charge in [-0.1, -0.05) is 6.07 Å². The Kier molecular flexibility index (Phi) is 9.02. The third-order valence-electron chi connectivity index (χ3n) is 5.05. The summed E-state index contributed by atoms with van der Waals surface area (Å²) >= 11 is 0. The Hall–Kier alpha value is -3.60. The van der Waals surface area contributed by atoms with Gasteiger partial charge in [0.15, 0.2) is 0 Å². The third-order valence-corrected chi connectivity index (χ3v) is 5.05. The van der Waals surface area contributed by atoms with E-state index in [0.717, 1.165) is 6.07 Å². The first kappa shape index (κ1) is 26.7. The van der Waals surface area contributed by atoms with E-state index in [1.807, 2.05) is 0 Å². The quantitative estimate of drug-likeness (QED) is 0.237. The molecule has 0 fully saturated rings. The van der Waals surface area contributed by atoms with Crippen molar-refractivity contribution in [1.82, 2.24) is 5.32 Å². The van der Waals surface area contributed by atoms with E-state index in [0.29, 0.717) is 11.3 Å². The summed E-state index contributed by atoms with van der Waals surface area (Å²) in [6, 6.07) is 9.29. The molecule has 0 saturated carbocycles. The minimum absolute atomic E-state index is 0.00185. The van der Waals surface area contributed by atoms with Gasteiger partial charge in [0.1, 0.15) is 12.3 Å². The zero-order valence-electron chi connectivity index (χ0n) is 19.1. The van der Waals surface area contributed by atoms with Crippen LogP contribution < -0.4 is 21.3 Å². The summed E-state index contributed by atoms with van der Waals surface area (Å²) in [6.07, 6.45) is -5.10. The molecule has 0 spiro atoms. The predicted octanol–water partition coefficient (Wildman–Crippen LogP) is 3.28. The van der Waals surface area contributed by atoms with Gasteiger partial charge in [0.05, 0.1) is 18.2 Å². The zero-order chi connectivity index (χ0) is 25.5. The highest BCUT2D eigenvalue weighted by atomic mass is 19.4. The first-order valence-corrected chi connectivity index (χ1v) is 10.4. The highest BCUT2D eigenvalue weighted by Crippen LogP contribution is 2.37. The fourth-order valence-corrected chi connectivity index (χ4v) is 3.19. The van der Waals surface area contributed by atoms with Crippen LogP contribution >= 0.6 is 0 Å². The molecule has 0 aromatic heterocycles. The molecule has 5 N–H and O–H groups in total. The number of alkyl halides is 3. The van der Waals surface area contributed by atoms with Crippen LogP contribution in [0.4, 0.5) is 24.5 Å². The molecular weight excluding hydrogens is 451 g/mol. The molecule has 2 amide bonds. The second-order valence-corrected chi connectivity index (χ2v) is 7.69. The highest BCUT2D eigenvalue weighted by molar-refractivity contribution is 6.04. The van der Waals surface area contributed by atoms with Gasteiger partial charge in [0.2, 0.25) is 11.8 Å². The molecule has 1 atom stereocenters. The number of anilines is 2. The van der Waals surface area contributed by atoms with Gasteiger partial charge in [-0.2, -0.15) is 13.2 Å². The molecule has 0 heterocycles. The van der Waals surface area contributed by atoms with Gasteiger partial charge < -0.3 is 26.0 Å². The lowest BCUT2D eigenvalue weighted by molar-refractivity contribution is -0.137. The minimum atomic E-state index is -4.59. The number of nitrogen functional groups attached to an aromatic ring is 1. The van der Waals surface area contributed by atoms with Crippen molar-refractivity contribution in [1.29, 1.82) is 5.41 Å². The molecular formula is C23H28F3N5O3. The average Bonchev–Trinajstić information content (AvgIpc) is 2.76. The minimum Gasteiger partial charge on any atom is -0.384 e. The van der Waals surface area contributed by atoms with E-state index in [1.54, 1.807) is 38.2 Å². The number of ether oxygens (including phenoxy) is 1. The summed E-state index contributed by atoms with van der Waals surface area (Å²) < 4.78 is 45.9. The van der Waals surface area contributed by atoms with Crippen molar-refractivity contribution in [3.63, 3.8) is 0 Å². The number of likely N-dealkylation sites (N-methyl/N-ethyl adjacent to an activating group) is 1. The number of hydrogen-bond donors (Lipinski definition) is 4. The van der Waals surface area contributed by atoms with E-state index in [-0.39, 0.29) is 30.2 Å². The van der Waals surface area contributed by atoms with Crippen molar-refractivity contribution >= 4 is 29.0 Å². The van der Waals surface area contributed by atoms with E-state index < -0.39 is 36.0 Å². The largest absolute Gasteiger partial charge is 0.418 e. The monoisotopic (exact) mass is 479 g/mol. The molecule has 2 rings (SSSR count). The van der Waals surface area contributed by atoms with Crippen LogP contribution in [0, 0.1) is 5.41 Å². The normalized spacial score (nSPS) is 12.1. The molecule has 0 unspecified atom stereocenters. The maximum absolute atomic E-state index is 13.7. The molecule has 0 radical (unpaired) electrons. The van der Waals surface area contributed by atoms with Crippen molar-refractivity contribution in [3.05, 3.63) is 59.2 Å². The number of nitrogens with zero attached hydrogens (tertiary/aromatic N) is 1. The molecule has 0 bridgehead atoms. The van der Waals surface area contributed by atoms with Crippen LogP contribution in [0.3, 0.4) is 0 Å². The molecule has 8 nitrogen and oxygen atoms in total. The predicted molar refractivity (Wildman–Crippen MR) is 124 cm³/mol. The second kappa shape index (κ2) is 11.5. The maximum atomic E-state index is 13.7. The number of nitrogens with two attached hydrogens (primary N) is 1. The molecule has 0 aliphatic heterocycles. The van der Waals surface area contributed by atoms with Crippen molar-refractivity contribution in [3.8, 4) is 0 Å². The van der Waals surface area contributed by atoms with E-state index in [4.69, 9.17) is 15.9 Å². The van der Waals surface area contributed by atoms with Crippen LogP contribution in [-0.2, 0) is 20.5 Å². The lowest BCUT2D eigenvalue weighted by atomic mass is 10.0.